The van der Waals surface area contributed by atoms with Crippen molar-refractivity contribution in [1.29, 1.82) is 0 Å². The van der Waals surface area contributed by atoms with Crippen LogP contribution in [-0.2, 0) is 6.61 Å². The van der Waals surface area contributed by atoms with Crippen molar-refractivity contribution in [2.75, 3.05) is 0 Å². The van der Waals surface area contributed by atoms with Crippen molar-refractivity contribution in [2.24, 2.45) is 5.10 Å². The van der Waals surface area contributed by atoms with Crippen LogP contribution in [-0.4, -0.2) is 21.8 Å². The summed E-state index contributed by atoms with van der Waals surface area (Å²) in [5, 5.41) is 11.9. The number of hydrogen-bond acceptors (Lipinski definition) is 4. The summed E-state index contributed by atoms with van der Waals surface area (Å²) in [4.78, 5) is 12.5. The van der Waals surface area contributed by atoms with Gasteiger partial charge < -0.3 is 4.74 Å². The van der Waals surface area contributed by atoms with Crippen LogP contribution in [0.5, 0.6) is 5.75 Å². The van der Waals surface area contributed by atoms with Crippen molar-refractivity contribution < 1.29 is 9.53 Å². The first-order valence-corrected chi connectivity index (χ1v) is 10.8. The maximum atomic E-state index is 12.5. The number of carbonyl (C=O) groups is 1. The number of benzene rings is 3. The second kappa shape index (κ2) is 10.1. The van der Waals surface area contributed by atoms with Crippen molar-refractivity contribution >= 4 is 23.2 Å². The molecular weight excluding hydrogens is 436 g/mol. The first kappa shape index (κ1) is 22.3. The standard InChI is InChI=1S/C26H23ClN4O2/c1-17-3-7-20(8-4-17)18(2)28-31-26(32)25-15-24(29-30-25)21-9-13-23(14-10-21)33-16-19-5-11-22(27)12-6-19/h3-15H,16H2,1-2H3,(H,29,30)(H,31,32)/b28-18+. The molecule has 0 unspecified atom stereocenters. The molecule has 0 saturated heterocycles. The van der Waals surface area contributed by atoms with Crippen LogP contribution in [0.15, 0.2) is 84.0 Å². The van der Waals surface area contributed by atoms with E-state index in [1.807, 2.05) is 86.6 Å². The minimum atomic E-state index is -0.358. The molecule has 1 heterocycles. The summed E-state index contributed by atoms with van der Waals surface area (Å²) in [5.74, 6) is 0.381. The number of nitrogens with zero attached hydrogens (tertiary/aromatic N) is 2. The molecule has 1 aromatic heterocycles. The fourth-order valence-corrected chi connectivity index (χ4v) is 3.24. The number of carbonyl (C=O) groups excluding carboxylic acids is 1. The third-order valence-corrected chi connectivity index (χ3v) is 5.34. The van der Waals surface area contributed by atoms with Crippen LogP contribution in [0.1, 0.15) is 34.1 Å². The zero-order chi connectivity index (χ0) is 23.2. The number of aromatic amines is 1. The third kappa shape index (κ3) is 5.87. The fourth-order valence-electron chi connectivity index (χ4n) is 3.11. The number of rotatable bonds is 7. The van der Waals surface area contributed by atoms with Crippen LogP contribution in [0.3, 0.4) is 0 Å². The number of aryl methyl sites for hydroxylation is 1. The van der Waals surface area contributed by atoms with E-state index in [0.29, 0.717) is 23.0 Å². The normalized spacial score (nSPS) is 11.3. The van der Waals surface area contributed by atoms with E-state index in [4.69, 9.17) is 16.3 Å². The maximum absolute atomic E-state index is 12.5. The van der Waals surface area contributed by atoms with Gasteiger partial charge in [0, 0.05) is 10.6 Å². The smallest absolute Gasteiger partial charge is 0.289 e. The molecule has 0 bridgehead atoms. The highest BCUT2D eigenvalue weighted by Crippen LogP contribution is 2.22. The fraction of sp³-hybridized carbons (Fsp3) is 0.115. The SMILES string of the molecule is C/C(=N\NC(=O)c1cc(-c2ccc(OCc3ccc(Cl)cc3)cc2)n[nH]1)c1ccc(C)cc1. The molecule has 3 aromatic carbocycles. The lowest BCUT2D eigenvalue weighted by Gasteiger charge is -2.07. The van der Waals surface area contributed by atoms with Gasteiger partial charge in [-0.1, -0.05) is 53.6 Å². The van der Waals surface area contributed by atoms with Gasteiger partial charge in [-0.2, -0.15) is 10.2 Å². The molecule has 0 aliphatic carbocycles. The van der Waals surface area contributed by atoms with Crippen LogP contribution in [0.2, 0.25) is 5.02 Å². The molecule has 166 valence electrons. The second-order valence-corrected chi connectivity index (χ2v) is 8.05. The largest absolute Gasteiger partial charge is 0.489 e. The van der Waals surface area contributed by atoms with Crippen LogP contribution < -0.4 is 10.2 Å². The molecule has 2 N–H and O–H groups in total. The van der Waals surface area contributed by atoms with Gasteiger partial charge >= 0.3 is 0 Å². The summed E-state index contributed by atoms with van der Waals surface area (Å²) in [7, 11) is 0. The highest BCUT2D eigenvalue weighted by Gasteiger charge is 2.11. The lowest BCUT2D eigenvalue weighted by atomic mass is 10.1. The van der Waals surface area contributed by atoms with E-state index in [1.165, 1.54) is 5.56 Å². The molecule has 33 heavy (non-hydrogen) atoms. The molecule has 1 amide bonds. The maximum Gasteiger partial charge on any atom is 0.289 e. The molecule has 0 aliphatic rings. The summed E-state index contributed by atoms with van der Waals surface area (Å²) in [6, 6.07) is 24.7. The molecule has 7 heteroatoms. The third-order valence-electron chi connectivity index (χ3n) is 5.09. The average Bonchev–Trinajstić information content (AvgIpc) is 3.33. The molecule has 0 spiro atoms. The highest BCUT2D eigenvalue weighted by molar-refractivity contribution is 6.30. The Morgan fingerprint density at radius 3 is 2.42 bits per heavy atom. The molecular formula is C26H23ClN4O2. The molecule has 4 aromatic rings. The zero-order valence-electron chi connectivity index (χ0n) is 18.3. The molecule has 6 nitrogen and oxygen atoms in total. The number of hydrazone groups is 1. The zero-order valence-corrected chi connectivity index (χ0v) is 19.1. The Balaban J connectivity index is 1.36. The monoisotopic (exact) mass is 458 g/mol. The van der Waals surface area contributed by atoms with Crippen molar-refractivity contribution in [3.05, 3.63) is 106 Å². The van der Waals surface area contributed by atoms with Crippen molar-refractivity contribution in [2.45, 2.75) is 20.5 Å². The Morgan fingerprint density at radius 2 is 1.73 bits per heavy atom. The number of H-pyrrole nitrogens is 1. The van der Waals surface area contributed by atoms with Crippen LogP contribution >= 0.6 is 11.6 Å². The summed E-state index contributed by atoms with van der Waals surface area (Å²) in [6.45, 7) is 4.32. The lowest BCUT2D eigenvalue weighted by molar-refractivity contribution is 0.0950. The molecule has 0 saturated carbocycles. The van der Waals surface area contributed by atoms with Gasteiger partial charge in [0.25, 0.3) is 5.91 Å². The predicted molar refractivity (Wildman–Crippen MR) is 131 cm³/mol. The average molecular weight is 459 g/mol. The van der Waals surface area contributed by atoms with Crippen molar-refractivity contribution in [3.8, 4) is 17.0 Å². The molecule has 0 aliphatic heterocycles. The lowest BCUT2D eigenvalue weighted by Crippen LogP contribution is -2.19. The first-order valence-electron chi connectivity index (χ1n) is 10.4. The van der Waals surface area contributed by atoms with Gasteiger partial charge in [-0.15, -0.1) is 0 Å². The predicted octanol–water partition coefficient (Wildman–Crippen LogP) is 5.77. The van der Waals surface area contributed by atoms with Crippen LogP contribution in [0.4, 0.5) is 0 Å². The van der Waals surface area contributed by atoms with E-state index in [0.717, 1.165) is 28.2 Å². The quantitative estimate of drug-likeness (QED) is 0.272. The Bertz CT molecular complexity index is 1260. The Morgan fingerprint density at radius 1 is 1.03 bits per heavy atom. The van der Waals surface area contributed by atoms with E-state index in [1.54, 1.807) is 6.07 Å². The van der Waals surface area contributed by atoms with E-state index >= 15 is 0 Å². The Labute approximate surface area is 197 Å². The van der Waals surface area contributed by atoms with E-state index < -0.39 is 0 Å². The Hall–Kier alpha value is -3.90. The summed E-state index contributed by atoms with van der Waals surface area (Å²) in [5.41, 5.74) is 8.29. The number of amides is 1. The number of ether oxygens (including phenoxy) is 1. The van der Waals surface area contributed by atoms with Crippen LogP contribution in [0.25, 0.3) is 11.3 Å². The highest BCUT2D eigenvalue weighted by atomic mass is 35.5. The minimum absolute atomic E-state index is 0.327. The van der Waals surface area contributed by atoms with Gasteiger partial charge in [0.05, 0.1) is 11.4 Å². The van der Waals surface area contributed by atoms with Gasteiger partial charge in [0.1, 0.15) is 18.1 Å². The molecule has 0 radical (unpaired) electrons. The number of aromatic nitrogens is 2. The number of nitrogens with one attached hydrogen (secondary N) is 2. The first-order chi connectivity index (χ1) is 16.0. The summed E-state index contributed by atoms with van der Waals surface area (Å²) < 4.78 is 5.81. The van der Waals surface area contributed by atoms with Gasteiger partial charge in [0.15, 0.2) is 0 Å². The van der Waals surface area contributed by atoms with E-state index in [9.17, 15) is 4.79 Å². The van der Waals surface area contributed by atoms with Crippen molar-refractivity contribution in [1.82, 2.24) is 15.6 Å². The topological polar surface area (TPSA) is 79.4 Å². The van der Waals surface area contributed by atoms with Crippen LogP contribution in [0, 0.1) is 6.92 Å². The molecule has 0 atom stereocenters. The van der Waals surface area contributed by atoms with Gasteiger partial charge in [0.2, 0.25) is 0 Å². The summed E-state index contributed by atoms with van der Waals surface area (Å²) in [6.07, 6.45) is 0. The van der Waals surface area contributed by atoms with E-state index in [2.05, 4.69) is 20.7 Å². The van der Waals surface area contributed by atoms with Gasteiger partial charge in [-0.05, 0) is 67.4 Å². The number of halogens is 1. The van der Waals surface area contributed by atoms with Gasteiger partial charge in [-0.3, -0.25) is 9.89 Å². The Kier molecular flexibility index (Phi) is 6.86. The van der Waals surface area contributed by atoms with Crippen molar-refractivity contribution in [3.63, 3.8) is 0 Å². The van der Waals surface area contributed by atoms with Gasteiger partial charge in [-0.25, -0.2) is 5.43 Å². The number of hydrogen-bond donors (Lipinski definition) is 2. The minimum Gasteiger partial charge on any atom is -0.489 e. The summed E-state index contributed by atoms with van der Waals surface area (Å²) >= 11 is 5.91. The van der Waals surface area contributed by atoms with E-state index in [-0.39, 0.29) is 5.91 Å². The molecule has 4 rings (SSSR count). The molecule has 0 fully saturated rings. The second-order valence-electron chi connectivity index (χ2n) is 7.61.